The van der Waals surface area contributed by atoms with E-state index in [0.717, 1.165) is 17.7 Å². The van der Waals surface area contributed by atoms with Crippen LogP contribution >= 0.6 is 23.2 Å². The molecule has 1 heterocycles. The van der Waals surface area contributed by atoms with Gasteiger partial charge in [0.05, 0.1) is 16.6 Å². The van der Waals surface area contributed by atoms with Crippen molar-refractivity contribution < 1.29 is 4.79 Å². The normalized spacial score (nSPS) is 23.2. The van der Waals surface area contributed by atoms with Gasteiger partial charge in [-0.25, -0.2) is 0 Å². The Morgan fingerprint density at radius 3 is 2.67 bits per heavy atom. The summed E-state index contributed by atoms with van der Waals surface area (Å²) in [5.74, 6) is 0.671. The number of amides is 1. The fourth-order valence-corrected chi connectivity index (χ4v) is 3.72. The highest BCUT2D eigenvalue weighted by molar-refractivity contribution is 6.37. The van der Waals surface area contributed by atoms with E-state index in [4.69, 9.17) is 23.2 Å². The van der Waals surface area contributed by atoms with Crippen LogP contribution in [0.1, 0.15) is 43.6 Å². The van der Waals surface area contributed by atoms with E-state index < -0.39 is 0 Å². The maximum atomic E-state index is 12.1. The predicted molar refractivity (Wildman–Crippen MR) is 74.4 cm³/mol. The van der Waals surface area contributed by atoms with Gasteiger partial charge in [-0.3, -0.25) is 4.79 Å². The summed E-state index contributed by atoms with van der Waals surface area (Å²) in [5.41, 5.74) is 1.73. The molecule has 0 bridgehead atoms. The van der Waals surface area contributed by atoms with Crippen molar-refractivity contribution in [2.75, 3.05) is 5.32 Å². The Morgan fingerprint density at radius 2 is 1.94 bits per heavy atom. The molecule has 1 amide bonds. The second kappa shape index (κ2) is 4.75. The third kappa shape index (κ3) is 2.12. The average Bonchev–Trinajstić information content (AvgIpc) is 2.91. The summed E-state index contributed by atoms with van der Waals surface area (Å²) in [6.07, 6.45) is 6.00. The predicted octanol–water partition coefficient (Wildman–Crippen LogP) is 4.61. The zero-order chi connectivity index (χ0) is 12.7. The Labute approximate surface area is 117 Å². The van der Waals surface area contributed by atoms with Gasteiger partial charge in [0.2, 0.25) is 5.91 Å². The average molecular weight is 284 g/mol. The molecule has 3 rings (SSSR count). The van der Waals surface area contributed by atoms with Crippen LogP contribution in [-0.2, 0) is 4.79 Å². The van der Waals surface area contributed by atoms with Gasteiger partial charge in [0, 0.05) is 5.02 Å². The summed E-state index contributed by atoms with van der Waals surface area (Å²) in [6.45, 7) is 0. The maximum Gasteiger partial charge on any atom is 0.232 e. The molecule has 96 valence electrons. The summed E-state index contributed by atoms with van der Waals surface area (Å²) in [7, 11) is 0. The molecule has 1 aliphatic heterocycles. The highest BCUT2D eigenvalue weighted by Gasteiger charge is 2.34. The van der Waals surface area contributed by atoms with E-state index in [0.29, 0.717) is 16.0 Å². The Morgan fingerprint density at radius 1 is 1.22 bits per heavy atom. The van der Waals surface area contributed by atoms with Crippen LogP contribution in [0.5, 0.6) is 0 Å². The molecule has 4 heteroatoms. The maximum absolute atomic E-state index is 12.1. The first-order valence-corrected chi connectivity index (χ1v) is 7.20. The number of anilines is 1. The van der Waals surface area contributed by atoms with Gasteiger partial charge in [0.25, 0.3) is 0 Å². The van der Waals surface area contributed by atoms with Crippen molar-refractivity contribution in [2.24, 2.45) is 5.92 Å². The Kier molecular flexibility index (Phi) is 3.25. The van der Waals surface area contributed by atoms with Crippen LogP contribution in [0.3, 0.4) is 0 Å². The number of nitrogens with one attached hydrogen (secondary N) is 1. The van der Waals surface area contributed by atoms with E-state index in [1.165, 1.54) is 25.7 Å². The third-order valence-corrected chi connectivity index (χ3v) is 4.59. The smallest absolute Gasteiger partial charge is 0.232 e. The van der Waals surface area contributed by atoms with Gasteiger partial charge >= 0.3 is 0 Å². The van der Waals surface area contributed by atoms with Crippen molar-refractivity contribution in [3.8, 4) is 0 Å². The van der Waals surface area contributed by atoms with Crippen LogP contribution < -0.4 is 5.32 Å². The minimum Gasteiger partial charge on any atom is -0.324 e. The number of hydrogen-bond donors (Lipinski definition) is 1. The van der Waals surface area contributed by atoms with Gasteiger partial charge in [-0.15, -0.1) is 0 Å². The molecule has 1 saturated carbocycles. The minimum absolute atomic E-state index is 0.0701. The van der Waals surface area contributed by atoms with Crippen molar-refractivity contribution in [3.05, 3.63) is 27.7 Å². The molecule has 1 fully saturated rings. The molecule has 18 heavy (non-hydrogen) atoms. The molecule has 1 unspecified atom stereocenters. The fourth-order valence-electron chi connectivity index (χ4n) is 3.17. The van der Waals surface area contributed by atoms with Crippen LogP contribution in [-0.4, -0.2) is 5.91 Å². The summed E-state index contributed by atoms with van der Waals surface area (Å²) in [5, 5.41) is 4.03. The van der Waals surface area contributed by atoms with E-state index in [1.807, 2.05) is 6.07 Å². The molecule has 1 aromatic rings. The summed E-state index contributed by atoms with van der Waals surface area (Å²) < 4.78 is 0. The van der Waals surface area contributed by atoms with Gasteiger partial charge in [0.15, 0.2) is 0 Å². The van der Waals surface area contributed by atoms with Gasteiger partial charge in [-0.05, 0) is 30.0 Å². The molecule has 1 aromatic carbocycles. The summed E-state index contributed by atoms with van der Waals surface area (Å²) >= 11 is 12.2. The van der Waals surface area contributed by atoms with E-state index >= 15 is 0 Å². The van der Waals surface area contributed by atoms with Crippen molar-refractivity contribution in [1.29, 1.82) is 0 Å². The Balaban J connectivity index is 1.90. The van der Waals surface area contributed by atoms with Crippen LogP contribution in [0, 0.1) is 5.92 Å². The molecule has 1 aliphatic carbocycles. The number of hydrogen-bond acceptors (Lipinski definition) is 1. The quantitative estimate of drug-likeness (QED) is 0.844. The Hall–Kier alpha value is -0.730. The van der Waals surface area contributed by atoms with Crippen LogP contribution in [0.2, 0.25) is 10.0 Å². The first-order chi connectivity index (χ1) is 8.65. The standard InChI is InChI=1S/C14H15Cl2NO/c15-9-6-10-11(5-8-3-1-2-4-8)14(18)17-13(10)12(16)7-9/h6-8,11H,1-5H2,(H,17,18). The zero-order valence-electron chi connectivity index (χ0n) is 10.0. The largest absolute Gasteiger partial charge is 0.324 e. The molecule has 0 aromatic heterocycles. The van der Waals surface area contributed by atoms with Crippen LogP contribution in [0.15, 0.2) is 12.1 Å². The number of carbonyl (C=O) groups excluding carboxylic acids is 1. The molecule has 1 atom stereocenters. The van der Waals surface area contributed by atoms with Gasteiger partial charge in [0.1, 0.15) is 0 Å². The van der Waals surface area contributed by atoms with Crippen molar-refractivity contribution >= 4 is 34.8 Å². The molecule has 1 N–H and O–H groups in total. The van der Waals surface area contributed by atoms with E-state index in [2.05, 4.69) is 5.32 Å². The second-order valence-electron chi connectivity index (χ2n) is 5.28. The lowest BCUT2D eigenvalue weighted by molar-refractivity contribution is -0.117. The number of benzene rings is 1. The molecule has 0 saturated heterocycles. The molecule has 0 radical (unpaired) electrons. The SMILES string of the molecule is O=C1Nc2c(Cl)cc(Cl)cc2C1CC1CCCC1. The first kappa shape index (κ1) is 12.3. The number of halogens is 2. The first-order valence-electron chi connectivity index (χ1n) is 6.45. The van der Waals surface area contributed by atoms with Gasteiger partial charge in [-0.1, -0.05) is 48.9 Å². The van der Waals surface area contributed by atoms with E-state index in [-0.39, 0.29) is 11.8 Å². The Bertz CT molecular complexity index is 495. The lowest BCUT2D eigenvalue weighted by atomic mass is 9.89. The lowest BCUT2D eigenvalue weighted by Gasteiger charge is -2.14. The van der Waals surface area contributed by atoms with Crippen LogP contribution in [0.4, 0.5) is 5.69 Å². The van der Waals surface area contributed by atoms with Crippen molar-refractivity contribution in [3.63, 3.8) is 0 Å². The highest BCUT2D eigenvalue weighted by Crippen LogP contribution is 2.44. The third-order valence-electron chi connectivity index (χ3n) is 4.07. The van der Waals surface area contributed by atoms with Crippen LogP contribution in [0.25, 0.3) is 0 Å². The monoisotopic (exact) mass is 283 g/mol. The van der Waals surface area contributed by atoms with Gasteiger partial charge < -0.3 is 5.32 Å². The van der Waals surface area contributed by atoms with Crippen molar-refractivity contribution in [2.45, 2.75) is 38.0 Å². The molecule has 2 aliphatic rings. The topological polar surface area (TPSA) is 29.1 Å². The summed E-state index contributed by atoms with van der Waals surface area (Å²) in [4.78, 5) is 12.1. The molecule has 0 spiro atoms. The molecular weight excluding hydrogens is 269 g/mol. The zero-order valence-corrected chi connectivity index (χ0v) is 11.5. The summed E-state index contributed by atoms with van der Waals surface area (Å²) in [6, 6.07) is 3.56. The number of fused-ring (bicyclic) bond motifs is 1. The van der Waals surface area contributed by atoms with Crippen molar-refractivity contribution in [1.82, 2.24) is 0 Å². The number of carbonyl (C=O) groups is 1. The minimum atomic E-state index is -0.0701. The lowest BCUT2D eigenvalue weighted by Crippen LogP contribution is -2.14. The molecule has 2 nitrogen and oxygen atoms in total. The molecular formula is C14H15Cl2NO. The highest BCUT2D eigenvalue weighted by atomic mass is 35.5. The van der Waals surface area contributed by atoms with Gasteiger partial charge in [-0.2, -0.15) is 0 Å². The second-order valence-corrected chi connectivity index (χ2v) is 6.12. The van der Waals surface area contributed by atoms with E-state index in [1.54, 1.807) is 6.07 Å². The van der Waals surface area contributed by atoms with E-state index in [9.17, 15) is 4.79 Å². The fraction of sp³-hybridized carbons (Fsp3) is 0.500. The number of rotatable bonds is 2.